The van der Waals surface area contributed by atoms with Crippen LogP contribution in [-0.2, 0) is 41.6 Å². The molecule has 12 nitrogen and oxygen atoms in total. The Morgan fingerprint density at radius 2 is 1.46 bits per heavy atom. The molecule has 1 aliphatic rings. The van der Waals surface area contributed by atoms with Crippen molar-refractivity contribution in [2.24, 2.45) is 5.92 Å². The molecule has 48 heavy (non-hydrogen) atoms. The van der Waals surface area contributed by atoms with Gasteiger partial charge in [-0.25, -0.2) is 0 Å². The Hall–Kier alpha value is -3.90. The van der Waals surface area contributed by atoms with E-state index >= 15 is 0 Å². The van der Waals surface area contributed by atoms with Crippen molar-refractivity contribution in [1.82, 2.24) is 15.2 Å². The molecule has 2 aromatic rings. The third-order valence-electron chi connectivity index (χ3n) is 8.86. The van der Waals surface area contributed by atoms with Gasteiger partial charge in [-0.2, -0.15) is 0 Å². The average Bonchev–Trinajstić information content (AvgIpc) is 3.70. The SMILES string of the molecule is CCC(CC)C(=O)CCNC(=O)CCc1ccc(NC(=O)CCOCCOCCNC(=O)CCn2c(O)cc(C3CCCC3)c2O)cc1. The van der Waals surface area contributed by atoms with Crippen LogP contribution in [-0.4, -0.2) is 77.8 Å². The zero-order valence-corrected chi connectivity index (χ0v) is 28.6. The van der Waals surface area contributed by atoms with Crippen molar-refractivity contribution >= 4 is 29.2 Å². The molecule has 266 valence electrons. The van der Waals surface area contributed by atoms with Gasteiger partial charge in [0.1, 0.15) is 5.78 Å². The number of nitrogens with one attached hydrogen (secondary N) is 3. The van der Waals surface area contributed by atoms with Crippen molar-refractivity contribution in [2.45, 2.75) is 96.9 Å². The van der Waals surface area contributed by atoms with Crippen molar-refractivity contribution in [2.75, 3.05) is 44.8 Å². The fourth-order valence-corrected chi connectivity index (χ4v) is 5.95. The highest BCUT2D eigenvalue weighted by Gasteiger charge is 2.25. The monoisotopic (exact) mass is 670 g/mol. The van der Waals surface area contributed by atoms with Gasteiger partial charge in [-0.05, 0) is 55.7 Å². The minimum atomic E-state index is -0.203. The zero-order valence-electron chi connectivity index (χ0n) is 28.6. The maximum Gasteiger partial charge on any atom is 0.226 e. The van der Waals surface area contributed by atoms with Crippen LogP contribution in [0.1, 0.15) is 95.1 Å². The zero-order chi connectivity index (χ0) is 34.7. The van der Waals surface area contributed by atoms with E-state index in [1.54, 1.807) is 18.2 Å². The Bertz CT molecular complexity index is 1300. The summed E-state index contributed by atoms with van der Waals surface area (Å²) in [6.45, 7) is 6.07. The van der Waals surface area contributed by atoms with E-state index in [0.29, 0.717) is 57.9 Å². The van der Waals surface area contributed by atoms with E-state index in [9.17, 15) is 29.4 Å². The van der Waals surface area contributed by atoms with Crippen LogP contribution in [0.3, 0.4) is 0 Å². The number of aromatic nitrogens is 1. The van der Waals surface area contributed by atoms with E-state index in [1.807, 2.05) is 26.0 Å². The number of aryl methyl sites for hydroxylation is 1. The molecule has 0 spiro atoms. The molecule has 0 atom stereocenters. The maximum absolute atomic E-state index is 12.3. The van der Waals surface area contributed by atoms with Gasteiger partial charge in [0.2, 0.25) is 17.7 Å². The molecule has 0 aliphatic heterocycles. The van der Waals surface area contributed by atoms with Crippen molar-refractivity contribution in [3.8, 4) is 11.8 Å². The number of nitrogens with zero attached hydrogens (tertiary/aromatic N) is 1. The summed E-state index contributed by atoms with van der Waals surface area (Å²) in [7, 11) is 0. The number of ketones is 1. The number of anilines is 1. The molecule has 0 saturated heterocycles. The number of hydrogen-bond acceptors (Lipinski definition) is 8. The highest BCUT2D eigenvalue weighted by atomic mass is 16.5. The van der Waals surface area contributed by atoms with Gasteiger partial charge in [0.05, 0.1) is 32.8 Å². The van der Waals surface area contributed by atoms with Crippen molar-refractivity contribution in [3.05, 3.63) is 41.5 Å². The maximum atomic E-state index is 12.3. The number of rotatable bonds is 23. The van der Waals surface area contributed by atoms with Crippen LogP contribution in [0.15, 0.2) is 30.3 Å². The van der Waals surface area contributed by atoms with Gasteiger partial charge in [-0.15, -0.1) is 0 Å². The molecule has 1 aromatic heterocycles. The normalized spacial score (nSPS) is 13.1. The summed E-state index contributed by atoms with van der Waals surface area (Å²) in [5, 5.41) is 29.1. The number of amides is 3. The summed E-state index contributed by atoms with van der Waals surface area (Å²) < 4.78 is 12.3. The molecule has 1 aromatic carbocycles. The Morgan fingerprint density at radius 1 is 0.812 bits per heavy atom. The lowest BCUT2D eigenvalue weighted by Crippen LogP contribution is -2.28. The van der Waals surface area contributed by atoms with Crippen LogP contribution < -0.4 is 16.0 Å². The summed E-state index contributed by atoms with van der Waals surface area (Å²) in [5.74, 6) is 0.110. The predicted molar refractivity (Wildman–Crippen MR) is 183 cm³/mol. The second kappa shape index (κ2) is 21.1. The average molecular weight is 671 g/mol. The van der Waals surface area contributed by atoms with Crippen LogP contribution in [0.4, 0.5) is 5.69 Å². The third kappa shape index (κ3) is 13.3. The standard InChI is InChI=1S/C36H54N4O8/c1-3-27(4-2)31(41)15-18-37-32(42)14-11-26-9-12-29(13-10-26)39-34(44)17-21-47-23-24-48-22-19-38-33(43)16-20-40-35(45)25-30(36(40)46)28-7-5-6-8-28/h9-10,12-13,25,27-28,45-46H,3-8,11,14-24H2,1-2H3,(H,37,42)(H,38,43)(H,39,44). The molecule has 5 N–H and O–H groups in total. The third-order valence-corrected chi connectivity index (χ3v) is 8.86. The Kier molecular flexibility index (Phi) is 17.0. The van der Waals surface area contributed by atoms with E-state index in [1.165, 1.54) is 4.57 Å². The number of carbonyl (C=O) groups excluding carboxylic acids is 4. The quantitative estimate of drug-likeness (QED) is 0.107. The second-order valence-corrected chi connectivity index (χ2v) is 12.3. The molecule has 3 amide bonds. The number of ether oxygens (including phenoxy) is 2. The first-order chi connectivity index (χ1) is 23.2. The molecule has 0 unspecified atom stereocenters. The molecule has 1 fully saturated rings. The highest BCUT2D eigenvalue weighted by molar-refractivity contribution is 5.90. The van der Waals surface area contributed by atoms with E-state index < -0.39 is 0 Å². The lowest BCUT2D eigenvalue weighted by Gasteiger charge is -2.11. The van der Waals surface area contributed by atoms with Gasteiger partial charge >= 0.3 is 0 Å². The van der Waals surface area contributed by atoms with Crippen LogP contribution in [0.2, 0.25) is 0 Å². The summed E-state index contributed by atoms with van der Waals surface area (Å²) in [6.07, 6.45) is 7.48. The Balaban J connectivity index is 1.17. The lowest BCUT2D eigenvalue weighted by molar-refractivity contribution is -0.124. The summed E-state index contributed by atoms with van der Waals surface area (Å²) >= 11 is 0. The number of benzene rings is 1. The largest absolute Gasteiger partial charge is 0.494 e. The molecule has 12 heteroatoms. The topological polar surface area (TPSA) is 168 Å². The Morgan fingerprint density at radius 3 is 2.15 bits per heavy atom. The van der Waals surface area contributed by atoms with Crippen molar-refractivity contribution in [1.29, 1.82) is 0 Å². The number of hydrogen-bond donors (Lipinski definition) is 5. The molecule has 1 saturated carbocycles. The highest BCUT2D eigenvalue weighted by Crippen LogP contribution is 2.41. The minimum Gasteiger partial charge on any atom is -0.494 e. The first kappa shape index (κ1) is 38.5. The summed E-state index contributed by atoms with van der Waals surface area (Å²) in [5.41, 5.74) is 2.40. The van der Waals surface area contributed by atoms with Crippen LogP contribution in [0, 0.1) is 5.92 Å². The van der Waals surface area contributed by atoms with E-state index in [2.05, 4.69) is 16.0 Å². The molecule has 1 aliphatic carbocycles. The van der Waals surface area contributed by atoms with Gasteiger partial charge < -0.3 is 35.6 Å². The van der Waals surface area contributed by atoms with Crippen LogP contribution in [0.25, 0.3) is 0 Å². The predicted octanol–water partition coefficient (Wildman–Crippen LogP) is 4.57. The molecule has 0 bridgehead atoms. The second-order valence-electron chi connectivity index (χ2n) is 12.3. The number of Topliss-reactive ketones (excluding diaryl/α,β-unsaturated/α-hetero) is 1. The van der Waals surface area contributed by atoms with E-state index in [0.717, 1.165) is 49.7 Å². The summed E-state index contributed by atoms with van der Waals surface area (Å²) in [6, 6.07) is 8.96. The van der Waals surface area contributed by atoms with E-state index in [4.69, 9.17) is 9.47 Å². The van der Waals surface area contributed by atoms with Gasteiger partial charge in [-0.3, -0.25) is 23.7 Å². The fourth-order valence-electron chi connectivity index (χ4n) is 5.95. The first-order valence-corrected chi connectivity index (χ1v) is 17.4. The van der Waals surface area contributed by atoms with Crippen molar-refractivity contribution < 1.29 is 38.9 Å². The van der Waals surface area contributed by atoms with Crippen LogP contribution >= 0.6 is 0 Å². The number of carbonyl (C=O) groups is 4. The lowest BCUT2D eigenvalue weighted by atomic mass is 9.96. The smallest absolute Gasteiger partial charge is 0.226 e. The molecule has 0 radical (unpaired) electrons. The van der Waals surface area contributed by atoms with Crippen LogP contribution in [0.5, 0.6) is 11.8 Å². The molecular formula is C36H54N4O8. The van der Waals surface area contributed by atoms with Gasteiger partial charge in [-0.1, -0.05) is 38.8 Å². The Labute approximate surface area is 284 Å². The van der Waals surface area contributed by atoms with Gasteiger partial charge in [0.15, 0.2) is 11.8 Å². The minimum absolute atomic E-state index is 0.0218. The molecule has 1 heterocycles. The molecular weight excluding hydrogens is 616 g/mol. The molecule has 3 rings (SSSR count). The summed E-state index contributed by atoms with van der Waals surface area (Å²) in [4.78, 5) is 48.7. The van der Waals surface area contributed by atoms with Crippen molar-refractivity contribution in [3.63, 3.8) is 0 Å². The van der Waals surface area contributed by atoms with Gasteiger partial charge in [0.25, 0.3) is 0 Å². The number of aromatic hydroxyl groups is 2. The van der Waals surface area contributed by atoms with Gasteiger partial charge in [0, 0.05) is 62.1 Å². The fraction of sp³-hybridized carbons (Fsp3) is 0.611. The van der Waals surface area contributed by atoms with E-state index in [-0.39, 0.29) is 73.1 Å². The first-order valence-electron chi connectivity index (χ1n) is 17.4.